The predicted molar refractivity (Wildman–Crippen MR) is 82.5 cm³/mol. The quantitative estimate of drug-likeness (QED) is 0.577. The third-order valence-corrected chi connectivity index (χ3v) is 2.94. The highest BCUT2D eigenvalue weighted by Crippen LogP contribution is 2.15. The molecule has 1 amide bonds. The minimum absolute atomic E-state index is 0.316. The number of amides is 1. The summed E-state index contributed by atoms with van der Waals surface area (Å²) in [6.07, 6.45) is 2.74. The summed E-state index contributed by atoms with van der Waals surface area (Å²) in [6, 6.07) is 4.94. The van der Waals surface area contributed by atoms with Crippen molar-refractivity contribution in [3.63, 3.8) is 0 Å². The van der Waals surface area contributed by atoms with Crippen LogP contribution in [0.4, 0.5) is 5.69 Å². The molecule has 7 nitrogen and oxygen atoms in total. The molecule has 2 rings (SSSR count). The number of hydrogen-bond acceptors (Lipinski definition) is 4. The van der Waals surface area contributed by atoms with Crippen molar-refractivity contribution in [3.8, 4) is 0 Å². The topological polar surface area (TPSA) is 104 Å². The molecule has 0 aliphatic carbocycles. The summed E-state index contributed by atoms with van der Waals surface area (Å²) in [5.41, 5.74) is 1.41. The maximum absolute atomic E-state index is 12.0. The van der Waals surface area contributed by atoms with E-state index in [2.05, 4.69) is 15.3 Å². The van der Waals surface area contributed by atoms with Gasteiger partial charge in [-0.1, -0.05) is 13.0 Å². The number of carbonyl (C=O) groups is 2. The first kappa shape index (κ1) is 15.6. The van der Waals surface area contributed by atoms with Gasteiger partial charge in [0.15, 0.2) is 6.10 Å². The number of nitrogens with one attached hydrogen (secondary N) is 3. The number of hydrogen-bond donors (Lipinski definition) is 3. The van der Waals surface area contributed by atoms with Crippen molar-refractivity contribution in [2.45, 2.75) is 26.4 Å². The summed E-state index contributed by atoms with van der Waals surface area (Å²) in [6.45, 7) is 3.38. The number of esters is 1. The lowest BCUT2D eigenvalue weighted by molar-refractivity contribution is -0.148. The number of imidazole rings is 1. The van der Waals surface area contributed by atoms with E-state index in [1.165, 1.54) is 13.0 Å². The molecule has 0 aliphatic heterocycles. The number of rotatable bonds is 5. The van der Waals surface area contributed by atoms with Crippen LogP contribution in [0.5, 0.6) is 0 Å². The predicted octanol–water partition coefficient (Wildman–Crippen LogP) is 1.69. The van der Waals surface area contributed by atoms with Crippen molar-refractivity contribution in [2.75, 3.05) is 5.32 Å². The van der Waals surface area contributed by atoms with Gasteiger partial charge in [-0.25, -0.2) is 9.59 Å². The van der Waals surface area contributed by atoms with Crippen LogP contribution in [0, 0.1) is 0 Å². The molecule has 1 atom stereocenters. The van der Waals surface area contributed by atoms with Crippen molar-refractivity contribution in [1.29, 1.82) is 0 Å². The first-order chi connectivity index (χ1) is 10.5. The molecule has 2 aromatic rings. The molecular weight excluding hydrogens is 286 g/mol. The van der Waals surface area contributed by atoms with Crippen molar-refractivity contribution in [1.82, 2.24) is 9.97 Å². The number of ether oxygens (including phenoxy) is 1. The van der Waals surface area contributed by atoms with Crippen LogP contribution in [0.25, 0.3) is 11.0 Å². The molecule has 22 heavy (non-hydrogen) atoms. The first-order valence-corrected chi connectivity index (χ1v) is 6.89. The Kier molecular flexibility index (Phi) is 4.77. The third kappa shape index (κ3) is 3.85. The highest BCUT2D eigenvalue weighted by atomic mass is 16.5. The van der Waals surface area contributed by atoms with Crippen LogP contribution in [0.1, 0.15) is 20.3 Å². The molecule has 1 heterocycles. The highest BCUT2D eigenvalue weighted by molar-refractivity contribution is 5.97. The Hall–Kier alpha value is -2.83. The van der Waals surface area contributed by atoms with E-state index >= 15 is 0 Å². The van der Waals surface area contributed by atoms with Gasteiger partial charge >= 0.3 is 11.7 Å². The Morgan fingerprint density at radius 2 is 2.05 bits per heavy atom. The normalized spacial score (nSPS) is 12.5. The average molecular weight is 303 g/mol. The van der Waals surface area contributed by atoms with E-state index in [0.717, 1.165) is 0 Å². The van der Waals surface area contributed by atoms with Crippen molar-refractivity contribution < 1.29 is 14.3 Å². The minimum Gasteiger partial charge on any atom is -0.449 e. The van der Waals surface area contributed by atoms with Crippen LogP contribution < -0.4 is 11.0 Å². The summed E-state index contributed by atoms with van der Waals surface area (Å²) in [5.74, 6) is -1.01. The number of benzene rings is 1. The second-order valence-corrected chi connectivity index (χ2v) is 4.72. The standard InChI is InChI=1S/C15H17N3O4/c1-3-4-5-13(19)22-9(2)14(20)16-10-6-7-11-12(8-10)18-15(21)17-11/h4-9H,3H2,1-2H3,(H,16,20)(H2,17,18,21)/b5-4+/t9-/m0/s1. The van der Waals surface area contributed by atoms with Gasteiger partial charge < -0.3 is 20.0 Å². The zero-order chi connectivity index (χ0) is 16.1. The number of aromatic amines is 2. The lowest BCUT2D eigenvalue weighted by Crippen LogP contribution is -2.29. The van der Waals surface area contributed by atoms with E-state index in [-0.39, 0.29) is 5.69 Å². The second kappa shape index (κ2) is 6.75. The van der Waals surface area contributed by atoms with Gasteiger partial charge in [0.2, 0.25) is 0 Å². The molecule has 7 heteroatoms. The van der Waals surface area contributed by atoms with Crippen LogP contribution in [-0.2, 0) is 14.3 Å². The molecule has 3 N–H and O–H groups in total. The Morgan fingerprint density at radius 3 is 2.77 bits per heavy atom. The van der Waals surface area contributed by atoms with Crippen LogP contribution in [0.2, 0.25) is 0 Å². The molecule has 116 valence electrons. The molecular formula is C15H17N3O4. The molecule has 0 fully saturated rings. The molecule has 1 aromatic carbocycles. The fourth-order valence-electron chi connectivity index (χ4n) is 1.84. The second-order valence-electron chi connectivity index (χ2n) is 4.72. The Balaban J connectivity index is 2.01. The minimum atomic E-state index is -0.921. The van der Waals surface area contributed by atoms with Gasteiger partial charge in [0.05, 0.1) is 11.0 Å². The monoisotopic (exact) mass is 303 g/mol. The molecule has 0 saturated carbocycles. The average Bonchev–Trinajstić information content (AvgIpc) is 2.84. The summed E-state index contributed by atoms with van der Waals surface area (Å²) in [5, 5.41) is 2.63. The van der Waals surface area contributed by atoms with E-state index in [9.17, 15) is 14.4 Å². The zero-order valence-corrected chi connectivity index (χ0v) is 12.3. The number of allylic oxidation sites excluding steroid dienone is 1. The molecule has 0 aliphatic rings. The van der Waals surface area contributed by atoms with Gasteiger partial charge in [-0.3, -0.25) is 4.79 Å². The van der Waals surface area contributed by atoms with E-state index in [4.69, 9.17) is 4.74 Å². The van der Waals surface area contributed by atoms with Gasteiger partial charge in [0.25, 0.3) is 5.91 Å². The smallest absolute Gasteiger partial charge is 0.331 e. The maximum atomic E-state index is 12.0. The summed E-state index contributed by atoms with van der Waals surface area (Å²) < 4.78 is 4.98. The number of carbonyl (C=O) groups excluding carboxylic acids is 2. The Labute approximate surface area is 126 Å². The SMILES string of the molecule is CC/C=C/C(=O)O[C@@H](C)C(=O)Nc1ccc2[nH]c(=O)[nH]c2c1. The Bertz CT molecular complexity index is 772. The van der Waals surface area contributed by atoms with Gasteiger partial charge in [-0.15, -0.1) is 0 Å². The van der Waals surface area contributed by atoms with Crippen LogP contribution >= 0.6 is 0 Å². The van der Waals surface area contributed by atoms with Crippen molar-refractivity contribution in [3.05, 3.63) is 40.8 Å². The maximum Gasteiger partial charge on any atom is 0.331 e. The van der Waals surface area contributed by atoms with Crippen molar-refractivity contribution >= 4 is 28.6 Å². The van der Waals surface area contributed by atoms with E-state index in [0.29, 0.717) is 23.1 Å². The molecule has 0 bridgehead atoms. The van der Waals surface area contributed by atoms with E-state index in [1.54, 1.807) is 24.3 Å². The third-order valence-electron chi connectivity index (χ3n) is 2.94. The van der Waals surface area contributed by atoms with Gasteiger partial charge in [-0.05, 0) is 31.5 Å². The first-order valence-electron chi connectivity index (χ1n) is 6.89. The van der Waals surface area contributed by atoms with Crippen LogP contribution in [0.15, 0.2) is 35.1 Å². The summed E-state index contributed by atoms with van der Waals surface area (Å²) >= 11 is 0. The fourth-order valence-corrected chi connectivity index (χ4v) is 1.84. The highest BCUT2D eigenvalue weighted by Gasteiger charge is 2.16. The summed E-state index contributed by atoms with van der Waals surface area (Å²) in [7, 11) is 0. The lowest BCUT2D eigenvalue weighted by Gasteiger charge is -2.12. The van der Waals surface area contributed by atoms with E-state index < -0.39 is 18.0 Å². The van der Waals surface area contributed by atoms with E-state index in [1.807, 2.05) is 6.92 Å². The van der Waals surface area contributed by atoms with Gasteiger partial charge in [0.1, 0.15) is 0 Å². The number of anilines is 1. The number of aromatic nitrogens is 2. The largest absolute Gasteiger partial charge is 0.449 e. The van der Waals surface area contributed by atoms with Gasteiger partial charge in [0, 0.05) is 11.8 Å². The fraction of sp³-hybridized carbons (Fsp3) is 0.267. The molecule has 0 saturated heterocycles. The number of H-pyrrole nitrogens is 2. The van der Waals surface area contributed by atoms with Crippen LogP contribution in [-0.4, -0.2) is 27.9 Å². The Morgan fingerprint density at radius 1 is 1.32 bits per heavy atom. The lowest BCUT2D eigenvalue weighted by atomic mass is 10.2. The van der Waals surface area contributed by atoms with Crippen LogP contribution in [0.3, 0.4) is 0 Å². The molecule has 0 radical (unpaired) electrons. The van der Waals surface area contributed by atoms with Gasteiger partial charge in [-0.2, -0.15) is 0 Å². The number of fused-ring (bicyclic) bond motifs is 1. The molecule has 1 aromatic heterocycles. The zero-order valence-electron chi connectivity index (χ0n) is 12.3. The molecule has 0 unspecified atom stereocenters. The van der Waals surface area contributed by atoms with Crippen molar-refractivity contribution in [2.24, 2.45) is 0 Å². The summed E-state index contributed by atoms with van der Waals surface area (Å²) in [4.78, 5) is 39.8. The molecule has 0 spiro atoms.